The molecule has 3 aromatic rings. The summed E-state index contributed by atoms with van der Waals surface area (Å²) in [4.78, 5) is 14.4. The van der Waals surface area contributed by atoms with E-state index in [1.54, 1.807) is 32.9 Å². The average molecular weight is 626 g/mol. The van der Waals surface area contributed by atoms with Crippen LogP contribution in [0.25, 0.3) is 17.1 Å². The van der Waals surface area contributed by atoms with Gasteiger partial charge in [-0.1, -0.05) is 6.07 Å². The number of nitrogens with one attached hydrogen (secondary N) is 1. The third kappa shape index (κ3) is 7.00. The van der Waals surface area contributed by atoms with Crippen LogP contribution in [-0.4, -0.2) is 86.3 Å². The van der Waals surface area contributed by atoms with Gasteiger partial charge in [0.2, 0.25) is 16.0 Å². The third-order valence-corrected chi connectivity index (χ3v) is 9.41. The van der Waals surface area contributed by atoms with Gasteiger partial charge in [0, 0.05) is 57.1 Å². The maximum absolute atomic E-state index is 15.3. The van der Waals surface area contributed by atoms with Gasteiger partial charge in [-0.2, -0.15) is 13.2 Å². The van der Waals surface area contributed by atoms with Crippen LogP contribution >= 0.6 is 0 Å². The molecule has 0 bridgehead atoms. The number of anilines is 1. The van der Waals surface area contributed by atoms with Crippen molar-refractivity contribution in [2.24, 2.45) is 5.92 Å². The van der Waals surface area contributed by atoms with E-state index in [1.165, 1.54) is 21.1 Å². The molecule has 2 aliphatic heterocycles. The summed E-state index contributed by atoms with van der Waals surface area (Å²) < 4.78 is 83.5. The molecule has 1 aromatic carbocycles. The molecule has 0 saturated carbocycles. The van der Waals surface area contributed by atoms with E-state index >= 15 is 4.39 Å². The summed E-state index contributed by atoms with van der Waals surface area (Å²) in [5.74, 6) is -0.172. The molecular formula is C28H35F4N7O3S. The molecule has 0 atom stereocenters. The second-order valence-corrected chi connectivity index (χ2v) is 13.9. The van der Waals surface area contributed by atoms with E-state index < -0.39 is 38.9 Å². The summed E-state index contributed by atoms with van der Waals surface area (Å²) in [6, 6.07) is 4.50. The Morgan fingerprint density at radius 2 is 1.79 bits per heavy atom. The maximum Gasteiger partial charge on any atom is 0.420 e. The number of aliphatic hydroxyl groups is 1. The van der Waals surface area contributed by atoms with Gasteiger partial charge in [-0.15, -0.1) is 0 Å². The van der Waals surface area contributed by atoms with Gasteiger partial charge in [-0.3, -0.25) is 4.90 Å². The minimum Gasteiger partial charge on any atom is -0.390 e. The van der Waals surface area contributed by atoms with E-state index in [1.807, 2.05) is 0 Å². The largest absolute Gasteiger partial charge is 0.420 e. The molecular weight excluding hydrogens is 590 g/mol. The highest BCUT2D eigenvalue weighted by Gasteiger charge is 2.38. The van der Waals surface area contributed by atoms with Crippen molar-refractivity contribution in [3.05, 3.63) is 53.4 Å². The number of nitrogens with zero attached hydrogens (tertiary/aromatic N) is 6. The molecule has 4 heterocycles. The number of imidazole rings is 1. The number of sulfonamides is 1. The van der Waals surface area contributed by atoms with E-state index in [4.69, 9.17) is 0 Å². The number of alkyl halides is 3. The van der Waals surface area contributed by atoms with Gasteiger partial charge in [0.05, 0.1) is 17.5 Å². The molecule has 0 unspecified atom stereocenters. The number of halogens is 4. The van der Waals surface area contributed by atoms with Crippen molar-refractivity contribution in [3.63, 3.8) is 0 Å². The highest BCUT2D eigenvalue weighted by atomic mass is 32.2. The fourth-order valence-corrected chi connectivity index (χ4v) is 6.32. The zero-order chi connectivity index (χ0) is 31.3. The number of benzene rings is 1. The lowest BCUT2D eigenvalue weighted by Crippen LogP contribution is -2.55. The quantitative estimate of drug-likeness (QED) is 0.363. The van der Waals surface area contributed by atoms with Crippen LogP contribution in [0.4, 0.5) is 23.5 Å². The highest BCUT2D eigenvalue weighted by molar-refractivity contribution is 7.88. The van der Waals surface area contributed by atoms with E-state index in [0.717, 1.165) is 11.8 Å². The molecule has 15 heteroatoms. The first-order chi connectivity index (χ1) is 20.0. The summed E-state index contributed by atoms with van der Waals surface area (Å²) in [5, 5.41) is 13.2. The van der Waals surface area contributed by atoms with Crippen molar-refractivity contribution in [1.82, 2.24) is 28.7 Å². The van der Waals surface area contributed by atoms with Gasteiger partial charge in [-0.05, 0) is 51.3 Å². The van der Waals surface area contributed by atoms with Crippen LogP contribution in [0.1, 0.15) is 43.6 Å². The first-order valence-electron chi connectivity index (χ1n) is 13.9. The monoisotopic (exact) mass is 625 g/mol. The number of hydrogen-bond acceptors (Lipinski definition) is 8. The van der Waals surface area contributed by atoms with E-state index in [2.05, 4.69) is 25.2 Å². The Bertz CT molecular complexity index is 1590. The van der Waals surface area contributed by atoms with E-state index in [0.29, 0.717) is 38.7 Å². The molecule has 2 saturated heterocycles. The molecule has 0 amide bonds. The smallest absolute Gasteiger partial charge is 0.390 e. The van der Waals surface area contributed by atoms with Crippen molar-refractivity contribution in [2.75, 3.05) is 37.8 Å². The molecule has 43 heavy (non-hydrogen) atoms. The number of aryl methyl sites for hydroxylation is 1. The number of hydrogen-bond donors (Lipinski definition) is 2. The van der Waals surface area contributed by atoms with Gasteiger partial charge in [-0.25, -0.2) is 32.1 Å². The summed E-state index contributed by atoms with van der Waals surface area (Å²) in [6.45, 7) is 7.58. The van der Waals surface area contributed by atoms with Crippen molar-refractivity contribution >= 4 is 16.0 Å². The molecule has 5 rings (SSSR count). The van der Waals surface area contributed by atoms with Crippen molar-refractivity contribution in [2.45, 2.75) is 58.0 Å². The maximum atomic E-state index is 15.3. The minimum atomic E-state index is -4.76. The normalized spacial score (nSPS) is 18.2. The molecule has 234 valence electrons. The molecule has 10 nitrogen and oxygen atoms in total. The fourth-order valence-electron chi connectivity index (χ4n) is 5.45. The van der Waals surface area contributed by atoms with Gasteiger partial charge >= 0.3 is 6.18 Å². The first kappa shape index (κ1) is 31.3. The summed E-state index contributed by atoms with van der Waals surface area (Å²) in [7, 11) is -3.33. The van der Waals surface area contributed by atoms with Gasteiger partial charge < -0.3 is 15.0 Å². The predicted molar refractivity (Wildman–Crippen MR) is 152 cm³/mol. The molecule has 0 aliphatic carbocycles. The summed E-state index contributed by atoms with van der Waals surface area (Å²) >= 11 is 0. The van der Waals surface area contributed by atoms with Crippen LogP contribution in [0.5, 0.6) is 0 Å². The van der Waals surface area contributed by atoms with Crippen molar-refractivity contribution in [3.8, 4) is 17.1 Å². The second kappa shape index (κ2) is 11.4. The fraction of sp³-hybridized carbons (Fsp3) is 0.536. The summed E-state index contributed by atoms with van der Waals surface area (Å²) in [6.07, 6.45) is -0.738. The van der Waals surface area contributed by atoms with Gasteiger partial charge in [0.1, 0.15) is 28.6 Å². The molecule has 0 radical (unpaired) electrons. The minimum absolute atomic E-state index is 0.0404. The van der Waals surface area contributed by atoms with E-state index in [-0.39, 0.29) is 48.2 Å². The Balaban J connectivity index is 1.36. The Morgan fingerprint density at radius 1 is 1.12 bits per heavy atom. The molecule has 2 N–H and O–H groups in total. The van der Waals surface area contributed by atoms with Crippen LogP contribution in [0.3, 0.4) is 0 Å². The van der Waals surface area contributed by atoms with E-state index in [9.17, 15) is 26.7 Å². The highest BCUT2D eigenvalue weighted by Crippen LogP contribution is 2.36. The second-order valence-electron chi connectivity index (χ2n) is 11.9. The first-order valence-corrected chi connectivity index (χ1v) is 15.8. The SMILES string of the molecule is Cc1nc(-c2nc(NC3CCN(S(C)(=O)=O)CC3)ncc2C(F)(F)F)cn1-c1ccc(CN2CC(C(C)(C)O)C2)cc1F. The van der Waals surface area contributed by atoms with Crippen LogP contribution in [-0.2, 0) is 22.7 Å². The number of piperidine rings is 1. The molecule has 2 aromatic heterocycles. The van der Waals surface area contributed by atoms with Crippen molar-refractivity contribution < 1.29 is 31.1 Å². The van der Waals surface area contributed by atoms with Crippen LogP contribution in [0.2, 0.25) is 0 Å². The topological polar surface area (TPSA) is 116 Å². The zero-order valence-corrected chi connectivity index (χ0v) is 25.2. The Labute approximate surface area is 247 Å². The van der Waals surface area contributed by atoms with Crippen LogP contribution in [0, 0.1) is 18.7 Å². The average Bonchev–Trinajstić information content (AvgIpc) is 3.25. The summed E-state index contributed by atoms with van der Waals surface area (Å²) in [5.41, 5.74) is -1.52. The lowest BCUT2D eigenvalue weighted by molar-refractivity contribution is -0.137. The standard InChI is InChI=1S/C28H35F4N7O3S/c1-17-34-23(16-39(17)24-6-5-18(11-22(24)29)13-37-14-19(15-37)27(2,3)40)25-21(28(30,31)32)12-33-26(36-25)35-20-7-9-38(10-8-20)43(4,41)42/h5-6,11-12,16,19-20,40H,7-10,13-15H2,1-4H3,(H,33,35,36). The molecule has 0 spiro atoms. The van der Waals surface area contributed by atoms with Gasteiger partial charge in [0.25, 0.3) is 0 Å². The zero-order valence-electron chi connectivity index (χ0n) is 24.4. The number of aromatic nitrogens is 4. The lowest BCUT2D eigenvalue weighted by atomic mass is 9.84. The van der Waals surface area contributed by atoms with Gasteiger partial charge in [0.15, 0.2) is 0 Å². The molecule has 2 fully saturated rings. The predicted octanol–water partition coefficient (Wildman–Crippen LogP) is 3.83. The lowest BCUT2D eigenvalue weighted by Gasteiger charge is -2.45. The Morgan fingerprint density at radius 3 is 2.37 bits per heavy atom. The van der Waals surface area contributed by atoms with Crippen molar-refractivity contribution in [1.29, 1.82) is 0 Å². The Hall–Kier alpha value is -3.14. The number of likely N-dealkylation sites (tertiary alicyclic amines) is 1. The Kier molecular flexibility index (Phi) is 8.31. The third-order valence-electron chi connectivity index (χ3n) is 8.11. The molecule has 2 aliphatic rings. The number of rotatable bonds is 8. The van der Waals surface area contributed by atoms with Crippen LogP contribution < -0.4 is 5.32 Å². The van der Waals surface area contributed by atoms with Crippen LogP contribution in [0.15, 0.2) is 30.6 Å².